The highest BCUT2D eigenvalue weighted by Gasteiger charge is 2.10. The van der Waals surface area contributed by atoms with E-state index < -0.39 is 0 Å². The first kappa shape index (κ1) is 15.2. The SMILES string of the molecule is CCCCNC(=O)CCc1nc(-c2cccc(C)c2)no1. The lowest BCUT2D eigenvalue weighted by atomic mass is 10.1. The number of carbonyl (C=O) groups is 1. The highest BCUT2D eigenvalue weighted by atomic mass is 16.5. The molecule has 112 valence electrons. The second kappa shape index (κ2) is 7.57. The zero-order valence-corrected chi connectivity index (χ0v) is 12.6. The van der Waals surface area contributed by atoms with E-state index in [1.54, 1.807) is 0 Å². The van der Waals surface area contributed by atoms with Crippen LogP contribution in [-0.4, -0.2) is 22.6 Å². The molecule has 1 heterocycles. The molecular weight excluding hydrogens is 266 g/mol. The summed E-state index contributed by atoms with van der Waals surface area (Å²) < 4.78 is 5.19. The Balaban J connectivity index is 1.87. The molecule has 0 aliphatic heterocycles. The third-order valence-electron chi connectivity index (χ3n) is 3.16. The Hall–Kier alpha value is -2.17. The van der Waals surface area contributed by atoms with E-state index in [-0.39, 0.29) is 5.91 Å². The molecule has 0 atom stereocenters. The maximum absolute atomic E-state index is 11.6. The molecule has 1 aromatic heterocycles. The minimum Gasteiger partial charge on any atom is -0.356 e. The number of hydrogen-bond donors (Lipinski definition) is 1. The fraction of sp³-hybridized carbons (Fsp3) is 0.438. The quantitative estimate of drug-likeness (QED) is 0.795. The minimum atomic E-state index is 0.0266. The van der Waals surface area contributed by atoms with E-state index in [0.29, 0.717) is 24.6 Å². The second-order valence-electron chi connectivity index (χ2n) is 5.08. The Bertz CT molecular complexity index is 593. The molecule has 0 bridgehead atoms. The lowest BCUT2D eigenvalue weighted by molar-refractivity contribution is -0.121. The Labute approximate surface area is 124 Å². The normalized spacial score (nSPS) is 10.6. The molecule has 21 heavy (non-hydrogen) atoms. The van der Waals surface area contributed by atoms with Crippen molar-refractivity contribution in [3.05, 3.63) is 35.7 Å². The molecule has 0 radical (unpaired) electrons. The van der Waals surface area contributed by atoms with Gasteiger partial charge in [0.05, 0.1) is 0 Å². The second-order valence-corrected chi connectivity index (χ2v) is 5.08. The van der Waals surface area contributed by atoms with Crippen molar-refractivity contribution in [3.8, 4) is 11.4 Å². The van der Waals surface area contributed by atoms with Gasteiger partial charge in [0.1, 0.15) is 0 Å². The van der Waals surface area contributed by atoms with Gasteiger partial charge in [-0.25, -0.2) is 0 Å². The van der Waals surface area contributed by atoms with Crippen LogP contribution in [-0.2, 0) is 11.2 Å². The maximum Gasteiger partial charge on any atom is 0.227 e. The predicted octanol–water partition coefficient (Wildman–Crippen LogP) is 2.89. The van der Waals surface area contributed by atoms with Crippen LogP contribution in [0.25, 0.3) is 11.4 Å². The first-order chi connectivity index (χ1) is 10.2. The standard InChI is InChI=1S/C16H21N3O2/c1-3-4-10-17-14(20)8-9-15-18-16(19-21-15)13-7-5-6-12(2)11-13/h5-7,11H,3-4,8-10H2,1-2H3,(H,17,20). The van der Waals surface area contributed by atoms with Crippen LogP contribution >= 0.6 is 0 Å². The minimum absolute atomic E-state index is 0.0266. The van der Waals surface area contributed by atoms with Gasteiger partial charge in [-0.15, -0.1) is 0 Å². The van der Waals surface area contributed by atoms with Crippen molar-refractivity contribution >= 4 is 5.91 Å². The smallest absolute Gasteiger partial charge is 0.227 e. The van der Waals surface area contributed by atoms with Gasteiger partial charge >= 0.3 is 0 Å². The van der Waals surface area contributed by atoms with Crippen molar-refractivity contribution in [2.24, 2.45) is 0 Å². The van der Waals surface area contributed by atoms with Crippen LogP contribution in [0.1, 0.15) is 37.6 Å². The van der Waals surface area contributed by atoms with Crippen LogP contribution in [0.4, 0.5) is 0 Å². The number of aromatic nitrogens is 2. The van der Waals surface area contributed by atoms with Crippen molar-refractivity contribution in [1.29, 1.82) is 0 Å². The molecule has 1 N–H and O–H groups in total. The van der Waals surface area contributed by atoms with Crippen LogP contribution in [0.2, 0.25) is 0 Å². The van der Waals surface area contributed by atoms with E-state index in [9.17, 15) is 4.79 Å². The van der Waals surface area contributed by atoms with E-state index in [2.05, 4.69) is 22.4 Å². The van der Waals surface area contributed by atoms with E-state index >= 15 is 0 Å². The van der Waals surface area contributed by atoms with Crippen molar-refractivity contribution in [3.63, 3.8) is 0 Å². The Morgan fingerprint density at radius 2 is 2.24 bits per heavy atom. The average molecular weight is 287 g/mol. The van der Waals surface area contributed by atoms with Gasteiger partial charge in [0, 0.05) is 24.9 Å². The third-order valence-corrected chi connectivity index (χ3v) is 3.16. The summed E-state index contributed by atoms with van der Waals surface area (Å²) in [6.45, 7) is 4.84. The Kier molecular flexibility index (Phi) is 5.49. The summed E-state index contributed by atoms with van der Waals surface area (Å²) in [5.41, 5.74) is 2.08. The zero-order chi connectivity index (χ0) is 15.1. The number of carbonyl (C=O) groups excluding carboxylic acids is 1. The number of rotatable bonds is 7. The highest BCUT2D eigenvalue weighted by Crippen LogP contribution is 2.17. The maximum atomic E-state index is 11.6. The van der Waals surface area contributed by atoms with Crippen molar-refractivity contribution in [2.75, 3.05) is 6.54 Å². The molecule has 2 aromatic rings. The van der Waals surface area contributed by atoms with Crippen molar-refractivity contribution < 1.29 is 9.32 Å². The number of amides is 1. The van der Waals surface area contributed by atoms with Crippen LogP contribution in [0.15, 0.2) is 28.8 Å². The van der Waals surface area contributed by atoms with Crippen LogP contribution < -0.4 is 5.32 Å². The number of aryl methyl sites for hydroxylation is 2. The summed E-state index contributed by atoms with van der Waals surface area (Å²) in [4.78, 5) is 15.9. The average Bonchev–Trinajstić information content (AvgIpc) is 2.94. The first-order valence-corrected chi connectivity index (χ1v) is 7.35. The van der Waals surface area contributed by atoms with E-state index in [0.717, 1.165) is 30.5 Å². The summed E-state index contributed by atoms with van der Waals surface area (Å²) in [5, 5.41) is 6.83. The van der Waals surface area contributed by atoms with Gasteiger partial charge in [-0.1, -0.05) is 42.3 Å². The monoisotopic (exact) mass is 287 g/mol. The molecule has 0 saturated carbocycles. The van der Waals surface area contributed by atoms with E-state index in [1.165, 1.54) is 0 Å². The fourth-order valence-corrected chi connectivity index (χ4v) is 1.97. The topological polar surface area (TPSA) is 68.0 Å². The zero-order valence-electron chi connectivity index (χ0n) is 12.6. The van der Waals surface area contributed by atoms with Crippen LogP contribution in [0.5, 0.6) is 0 Å². The molecule has 1 aromatic carbocycles. The number of nitrogens with zero attached hydrogens (tertiary/aromatic N) is 2. The lowest BCUT2D eigenvalue weighted by Gasteiger charge is -2.01. The summed E-state index contributed by atoms with van der Waals surface area (Å²) in [7, 11) is 0. The molecule has 0 saturated heterocycles. The van der Waals surface area contributed by atoms with Gasteiger partial charge in [-0.3, -0.25) is 4.79 Å². The molecule has 5 heteroatoms. The van der Waals surface area contributed by atoms with Crippen LogP contribution in [0.3, 0.4) is 0 Å². The Morgan fingerprint density at radius 3 is 3.00 bits per heavy atom. The first-order valence-electron chi connectivity index (χ1n) is 7.35. The van der Waals surface area contributed by atoms with Crippen molar-refractivity contribution in [1.82, 2.24) is 15.5 Å². The van der Waals surface area contributed by atoms with E-state index in [4.69, 9.17) is 4.52 Å². The number of nitrogens with one attached hydrogen (secondary N) is 1. The molecule has 0 aliphatic rings. The molecule has 0 spiro atoms. The summed E-state index contributed by atoms with van der Waals surface area (Å²) in [6, 6.07) is 7.93. The number of unbranched alkanes of at least 4 members (excludes halogenated alkanes) is 1. The largest absolute Gasteiger partial charge is 0.356 e. The molecule has 2 rings (SSSR count). The molecule has 0 aliphatic carbocycles. The molecule has 5 nitrogen and oxygen atoms in total. The fourth-order valence-electron chi connectivity index (χ4n) is 1.97. The van der Waals surface area contributed by atoms with Gasteiger partial charge in [0.25, 0.3) is 0 Å². The van der Waals surface area contributed by atoms with Crippen molar-refractivity contribution in [2.45, 2.75) is 39.5 Å². The highest BCUT2D eigenvalue weighted by molar-refractivity contribution is 5.75. The van der Waals surface area contributed by atoms with E-state index in [1.807, 2.05) is 31.2 Å². The molecule has 0 fully saturated rings. The number of benzene rings is 1. The van der Waals surface area contributed by atoms with Gasteiger partial charge in [-0.2, -0.15) is 4.98 Å². The van der Waals surface area contributed by atoms with Gasteiger partial charge < -0.3 is 9.84 Å². The molecule has 0 unspecified atom stereocenters. The van der Waals surface area contributed by atoms with Crippen LogP contribution in [0, 0.1) is 6.92 Å². The van der Waals surface area contributed by atoms with Gasteiger partial charge in [0.15, 0.2) is 0 Å². The summed E-state index contributed by atoms with van der Waals surface area (Å²) in [5.74, 6) is 1.09. The molecular formula is C16H21N3O2. The summed E-state index contributed by atoms with van der Waals surface area (Å²) >= 11 is 0. The number of hydrogen-bond acceptors (Lipinski definition) is 4. The van der Waals surface area contributed by atoms with Gasteiger partial charge in [-0.05, 0) is 19.4 Å². The summed E-state index contributed by atoms with van der Waals surface area (Å²) in [6.07, 6.45) is 2.92. The van der Waals surface area contributed by atoms with Gasteiger partial charge in [0.2, 0.25) is 17.6 Å². The molecule has 1 amide bonds. The lowest BCUT2D eigenvalue weighted by Crippen LogP contribution is -2.24. The Morgan fingerprint density at radius 1 is 1.38 bits per heavy atom. The predicted molar refractivity (Wildman–Crippen MR) is 80.7 cm³/mol. The third kappa shape index (κ3) is 4.70.